The van der Waals surface area contributed by atoms with Crippen LogP contribution in [-0.4, -0.2) is 24.5 Å². The van der Waals surface area contributed by atoms with Crippen molar-refractivity contribution in [3.63, 3.8) is 0 Å². The standard InChI is InChI=1S/C28H51N/c1-8-10-22-29(23-11-9-2)24-21-28(7)20-14-19-27(6)18-13-17-26(5)16-12-15-25(3)4/h15,17,19,21H,8-14,16,18,20,22-24H2,1-7H3/b26-17+,27-19+,28-21+. The first-order chi connectivity index (χ1) is 13.9. The summed E-state index contributed by atoms with van der Waals surface area (Å²) in [6, 6.07) is 0. The van der Waals surface area contributed by atoms with E-state index in [2.05, 4.69) is 77.7 Å². The summed E-state index contributed by atoms with van der Waals surface area (Å²) in [7, 11) is 0. The molecule has 0 aromatic rings. The third-order valence-electron chi connectivity index (χ3n) is 5.51. The third-order valence-corrected chi connectivity index (χ3v) is 5.51. The fourth-order valence-corrected chi connectivity index (χ4v) is 3.33. The molecular weight excluding hydrogens is 350 g/mol. The lowest BCUT2D eigenvalue weighted by Crippen LogP contribution is -2.26. The summed E-state index contributed by atoms with van der Waals surface area (Å²) in [5.74, 6) is 0. The minimum absolute atomic E-state index is 1.13. The highest BCUT2D eigenvalue weighted by molar-refractivity contribution is 5.07. The second-order valence-electron chi connectivity index (χ2n) is 9.06. The molecule has 0 N–H and O–H groups in total. The Kier molecular flexibility index (Phi) is 18.2. The largest absolute Gasteiger partial charge is 0.300 e. The van der Waals surface area contributed by atoms with Crippen LogP contribution in [0.4, 0.5) is 0 Å². The maximum absolute atomic E-state index is 2.63. The van der Waals surface area contributed by atoms with Gasteiger partial charge in [-0.15, -0.1) is 0 Å². The van der Waals surface area contributed by atoms with Crippen LogP contribution in [0.3, 0.4) is 0 Å². The Morgan fingerprint density at radius 3 is 1.41 bits per heavy atom. The van der Waals surface area contributed by atoms with Crippen molar-refractivity contribution >= 4 is 0 Å². The van der Waals surface area contributed by atoms with Gasteiger partial charge >= 0.3 is 0 Å². The van der Waals surface area contributed by atoms with Gasteiger partial charge in [-0.2, -0.15) is 0 Å². The summed E-state index contributed by atoms with van der Waals surface area (Å²) in [5, 5.41) is 0. The number of hydrogen-bond donors (Lipinski definition) is 0. The van der Waals surface area contributed by atoms with Gasteiger partial charge in [-0.05, 0) is 99.1 Å². The van der Waals surface area contributed by atoms with Crippen LogP contribution in [0.5, 0.6) is 0 Å². The molecule has 0 aliphatic rings. The molecular formula is C28H51N. The average molecular weight is 402 g/mol. The minimum Gasteiger partial charge on any atom is -0.300 e. The topological polar surface area (TPSA) is 3.24 Å². The van der Waals surface area contributed by atoms with E-state index < -0.39 is 0 Å². The zero-order chi connectivity index (χ0) is 21.9. The Morgan fingerprint density at radius 1 is 0.586 bits per heavy atom. The second-order valence-corrected chi connectivity index (χ2v) is 9.06. The van der Waals surface area contributed by atoms with E-state index in [0.29, 0.717) is 0 Å². The van der Waals surface area contributed by atoms with E-state index in [-0.39, 0.29) is 0 Å². The van der Waals surface area contributed by atoms with Crippen molar-refractivity contribution in [1.29, 1.82) is 0 Å². The highest BCUT2D eigenvalue weighted by Gasteiger charge is 2.02. The molecule has 0 heterocycles. The van der Waals surface area contributed by atoms with Gasteiger partial charge in [-0.1, -0.05) is 73.3 Å². The van der Waals surface area contributed by atoms with E-state index in [1.807, 2.05) is 0 Å². The van der Waals surface area contributed by atoms with Gasteiger partial charge in [0.25, 0.3) is 0 Å². The molecule has 0 aliphatic heterocycles. The molecule has 1 nitrogen and oxygen atoms in total. The van der Waals surface area contributed by atoms with Crippen LogP contribution >= 0.6 is 0 Å². The molecule has 0 spiro atoms. The molecule has 0 radical (unpaired) electrons. The lowest BCUT2D eigenvalue weighted by atomic mass is 10.0. The molecule has 0 fully saturated rings. The quantitative estimate of drug-likeness (QED) is 0.220. The van der Waals surface area contributed by atoms with Crippen LogP contribution in [-0.2, 0) is 0 Å². The summed E-state index contributed by atoms with van der Waals surface area (Å²) in [6.45, 7) is 19.4. The van der Waals surface area contributed by atoms with Gasteiger partial charge in [-0.3, -0.25) is 4.90 Å². The van der Waals surface area contributed by atoms with Crippen LogP contribution in [0, 0.1) is 0 Å². The fraction of sp³-hybridized carbons (Fsp3) is 0.714. The lowest BCUT2D eigenvalue weighted by Gasteiger charge is -2.20. The first kappa shape index (κ1) is 27.9. The zero-order valence-corrected chi connectivity index (χ0v) is 20.9. The van der Waals surface area contributed by atoms with Gasteiger partial charge in [-0.25, -0.2) is 0 Å². The first-order valence-corrected chi connectivity index (χ1v) is 12.2. The molecule has 0 saturated carbocycles. The van der Waals surface area contributed by atoms with Gasteiger partial charge in [0.05, 0.1) is 0 Å². The summed E-state index contributed by atoms with van der Waals surface area (Å²) < 4.78 is 0. The molecule has 0 aliphatic carbocycles. The Bertz CT molecular complexity index is 506. The Balaban J connectivity index is 4.19. The summed E-state index contributed by atoms with van der Waals surface area (Å²) in [6.07, 6.45) is 22.1. The molecule has 29 heavy (non-hydrogen) atoms. The van der Waals surface area contributed by atoms with E-state index in [0.717, 1.165) is 6.54 Å². The number of allylic oxidation sites excluding steroid dienone is 7. The molecule has 0 saturated heterocycles. The second kappa shape index (κ2) is 18.9. The van der Waals surface area contributed by atoms with Gasteiger partial charge in [0.1, 0.15) is 0 Å². The van der Waals surface area contributed by atoms with Gasteiger partial charge in [0.15, 0.2) is 0 Å². The molecule has 1 heteroatoms. The van der Waals surface area contributed by atoms with Gasteiger partial charge in [0, 0.05) is 6.54 Å². The molecule has 0 amide bonds. The van der Waals surface area contributed by atoms with Crippen molar-refractivity contribution in [2.45, 2.75) is 113 Å². The Hall–Kier alpha value is -1.08. The van der Waals surface area contributed by atoms with Gasteiger partial charge in [0.2, 0.25) is 0 Å². The van der Waals surface area contributed by atoms with Crippen molar-refractivity contribution in [1.82, 2.24) is 4.90 Å². The van der Waals surface area contributed by atoms with Crippen LogP contribution < -0.4 is 0 Å². The number of nitrogens with zero attached hydrogens (tertiary/aromatic N) is 1. The highest BCUT2D eigenvalue weighted by atomic mass is 15.1. The maximum Gasteiger partial charge on any atom is 0.0165 e. The third kappa shape index (κ3) is 18.7. The first-order valence-electron chi connectivity index (χ1n) is 12.2. The molecule has 0 unspecified atom stereocenters. The van der Waals surface area contributed by atoms with Crippen LogP contribution in [0.15, 0.2) is 46.6 Å². The zero-order valence-electron chi connectivity index (χ0n) is 20.9. The van der Waals surface area contributed by atoms with E-state index in [1.54, 1.807) is 11.1 Å². The molecule has 0 bridgehead atoms. The Morgan fingerprint density at radius 2 is 1.00 bits per heavy atom. The Labute approximate surface area is 184 Å². The number of unbranched alkanes of at least 4 members (excludes halogenated alkanes) is 2. The van der Waals surface area contributed by atoms with Crippen LogP contribution in [0.2, 0.25) is 0 Å². The van der Waals surface area contributed by atoms with E-state index >= 15 is 0 Å². The van der Waals surface area contributed by atoms with Crippen molar-refractivity contribution in [3.05, 3.63) is 46.6 Å². The number of hydrogen-bond acceptors (Lipinski definition) is 1. The van der Waals surface area contributed by atoms with Crippen LogP contribution in [0.1, 0.15) is 113 Å². The van der Waals surface area contributed by atoms with Crippen molar-refractivity contribution in [3.8, 4) is 0 Å². The fourth-order valence-electron chi connectivity index (χ4n) is 3.33. The van der Waals surface area contributed by atoms with E-state index in [1.165, 1.54) is 88.4 Å². The van der Waals surface area contributed by atoms with Crippen molar-refractivity contribution in [2.75, 3.05) is 19.6 Å². The molecule has 0 atom stereocenters. The van der Waals surface area contributed by atoms with E-state index in [4.69, 9.17) is 0 Å². The minimum atomic E-state index is 1.13. The van der Waals surface area contributed by atoms with Crippen LogP contribution in [0.25, 0.3) is 0 Å². The maximum atomic E-state index is 2.63. The van der Waals surface area contributed by atoms with Crippen molar-refractivity contribution in [2.24, 2.45) is 0 Å². The normalized spacial score (nSPS) is 13.3. The smallest absolute Gasteiger partial charge is 0.0165 e. The van der Waals surface area contributed by atoms with Gasteiger partial charge < -0.3 is 0 Å². The van der Waals surface area contributed by atoms with E-state index in [9.17, 15) is 0 Å². The molecule has 0 aromatic carbocycles. The lowest BCUT2D eigenvalue weighted by molar-refractivity contribution is 0.292. The molecule has 168 valence electrons. The number of rotatable bonds is 17. The highest BCUT2D eigenvalue weighted by Crippen LogP contribution is 2.13. The molecule has 0 aromatic heterocycles. The molecule has 0 rings (SSSR count). The van der Waals surface area contributed by atoms with Crippen molar-refractivity contribution < 1.29 is 0 Å². The SMILES string of the molecule is CCCCN(C/C=C(\C)CC/C=C(\C)CC/C=C(\C)CCC=C(C)C)CCCC. The average Bonchev–Trinajstić information content (AvgIpc) is 2.67. The summed E-state index contributed by atoms with van der Waals surface area (Å²) in [5.41, 5.74) is 6.04. The monoisotopic (exact) mass is 401 g/mol. The predicted octanol–water partition coefficient (Wildman–Crippen LogP) is 9.03. The predicted molar refractivity (Wildman–Crippen MR) is 135 cm³/mol. The summed E-state index contributed by atoms with van der Waals surface area (Å²) in [4.78, 5) is 2.63. The summed E-state index contributed by atoms with van der Waals surface area (Å²) >= 11 is 0.